The molecule has 0 fully saturated rings. The Hall–Kier alpha value is -3.15. The summed E-state index contributed by atoms with van der Waals surface area (Å²) in [6.07, 6.45) is 83.3. The predicted octanol–water partition coefficient (Wildman–Crippen LogP) is 22.5. The molecular formula is C70H124O6. The molecule has 0 aromatic carbocycles. The average molecular weight is 1060 g/mol. The first-order valence-electron chi connectivity index (χ1n) is 32.9. The minimum absolute atomic E-state index is 0.0779. The van der Waals surface area contributed by atoms with Crippen LogP contribution in [0.3, 0.4) is 0 Å². The molecule has 6 nitrogen and oxygen atoms in total. The second kappa shape index (κ2) is 64.4. The highest BCUT2D eigenvalue weighted by Gasteiger charge is 2.19. The Kier molecular flexibility index (Phi) is 61.7. The number of unbranched alkanes of at least 4 members (excludes halogenated alkanes) is 37. The molecule has 0 saturated carbocycles. The van der Waals surface area contributed by atoms with Gasteiger partial charge in [-0.2, -0.15) is 0 Å². The fraction of sp³-hybridized carbons (Fsp3) is 0.786. The van der Waals surface area contributed by atoms with Gasteiger partial charge in [-0.3, -0.25) is 14.4 Å². The standard InChI is InChI=1S/C70H124O6/c1-4-7-10-13-16-19-22-25-28-31-32-33-34-35-36-37-38-40-42-45-48-51-54-57-60-63-69(72)75-66-67(65-74-68(71)62-59-56-53-50-47-44-41-30-27-24-21-18-15-12-9-6-3)76-70(73)64-61-58-55-52-49-46-43-39-29-26-23-20-17-14-11-8-5-2/h7,10,16,19,25,28,30,32-33,35-36,41,67H,4-6,8-9,11-15,17-18,20-24,26-27,29,31,34,37-40,42-66H2,1-3H3/b10-7-,19-16-,28-25-,33-32-,36-35-,41-30-. The Balaban J connectivity index is 4.34. The number of ether oxygens (including phenoxy) is 3. The molecule has 0 heterocycles. The van der Waals surface area contributed by atoms with E-state index in [-0.39, 0.29) is 31.1 Å². The maximum atomic E-state index is 12.9. The zero-order valence-electron chi connectivity index (χ0n) is 50.5. The average Bonchev–Trinajstić information content (AvgIpc) is 3.42. The van der Waals surface area contributed by atoms with Crippen LogP contribution in [-0.4, -0.2) is 37.2 Å². The van der Waals surface area contributed by atoms with E-state index >= 15 is 0 Å². The number of carbonyl (C=O) groups is 3. The van der Waals surface area contributed by atoms with Crippen LogP contribution in [-0.2, 0) is 28.6 Å². The van der Waals surface area contributed by atoms with Crippen molar-refractivity contribution >= 4 is 17.9 Å². The predicted molar refractivity (Wildman–Crippen MR) is 330 cm³/mol. The van der Waals surface area contributed by atoms with Crippen molar-refractivity contribution in [3.05, 3.63) is 72.9 Å². The summed E-state index contributed by atoms with van der Waals surface area (Å²) in [5.74, 6) is -0.872. The van der Waals surface area contributed by atoms with Crippen LogP contribution in [0.5, 0.6) is 0 Å². The Morgan fingerprint density at radius 1 is 0.276 bits per heavy atom. The number of rotatable bonds is 60. The molecule has 1 unspecified atom stereocenters. The summed E-state index contributed by atoms with van der Waals surface area (Å²) in [7, 11) is 0. The topological polar surface area (TPSA) is 78.9 Å². The molecule has 1 atom stereocenters. The molecule has 0 aromatic heterocycles. The van der Waals surface area contributed by atoms with Crippen molar-refractivity contribution in [1.82, 2.24) is 0 Å². The molecule has 0 spiro atoms. The van der Waals surface area contributed by atoms with Gasteiger partial charge in [0.15, 0.2) is 6.10 Å². The van der Waals surface area contributed by atoms with Crippen molar-refractivity contribution in [3.63, 3.8) is 0 Å². The molecular weight excluding hydrogens is 937 g/mol. The molecule has 440 valence electrons. The minimum Gasteiger partial charge on any atom is -0.462 e. The van der Waals surface area contributed by atoms with Crippen LogP contribution in [0.15, 0.2) is 72.9 Å². The highest BCUT2D eigenvalue weighted by Crippen LogP contribution is 2.17. The summed E-state index contributed by atoms with van der Waals surface area (Å²) < 4.78 is 17.0. The number of hydrogen-bond donors (Lipinski definition) is 0. The van der Waals surface area contributed by atoms with Crippen molar-refractivity contribution in [3.8, 4) is 0 Å². The van der Waals surface area contributed by atoms with Crippen molar-refractivity contribution in [2.24, 2.45) is 0 Å². The first-order chi connectivity index (χ1) is 37.5. The molecule has 0 radical (unpaired) electrons. The summed E-state index contributed by atoms with van der Waals surface area (Å²) in [6, 6.07) is 0. The Labute approximate surface area is 472 Å². The van der Waals surface area contributed by atoms with Gasteiger partial charge in [-0.05, 0) is 89.9 Å². The lowest BCUT2D eigenvalue weighted by molar-refractivity contribution is -0.167. The smallest absolute Gasteiger partial charge is 0.306 e. The van der Waals surface area contributed by atoms with Gasteiger partial charge >= 0.3 is 17.9 Å². The van der Waals surface area contributed by atoms with Crippen LogP contribution < -0.4 is 0 Å². The van der Waals surface area contributed by atoms with E-state index in [1.54, 1.807) is 0 Å². The van der Waals surface area contributed by atoms with Gasteiger partial charge in [-0.15, -0.1) is 0 Å². The number of hydrogen-bond acceptors (Lipinski definition) is 6. The third kappa shape index (κ3) is 61.7. The number of allylic oxidation sites excluding steroid dienone is 12. The molecule has 76 heavy (non-hydrogen) atoms. The van der Waals surface area contributed by atoms with E-state index < -0.39 is 6.10 Å². The van der Waals surface area contributed by atoms with Gasteiger partial charge in [0.05, 0.1) is 0 Å². The molecule has 6 heteroatoms. The van der Waals surface area contributed by atoms with E-state index in [0.29, 0.717) is 19.3 Å². The van der Waals surface area contributed by atoms with E-state index in [0.717, 1.165) is 103 Å². The summed E-state index contributed by atoms with van der Waals surface area (Å²) >= 11 is 0. The highest BCUT2D eigenvalue weighted by atomic mass is 16.6. The van der Waals surface area contributed by atoms with E-state index in [1.807, 2.05) is 0 Å². The minimum atomic E-state index is -0.780. The molecule has 0 bridgehead atoms. The Morgan fingerprint density at radius 3 is 0.816 bits per heavy atom. The third-order valence-corrected chi connectivity index (χ3v) is 14.4. The second-order valence-corrected chi connectivity index (χ2v) is 22.0. The first-order valence-corrected chi connectivity index (χ1v) is 32.9. The van der Waals surface area contributed by atoms with Gasteiger partial charge in [0.2, 0.25) is 0 Å². The zero-order valence-corrected chi connectivity index (χ0v) is 50.5. The summed E-state index contributed by atoms with van der Waals surface area (Å²) in [6.45, 7) is 6.56. The van der Waals surface area contributed by atoms with Gasteiger partial charge in [-0.1, -0.05) is 299 Å². The zero-order chi connectivity index (χ0) is 55.0. The van der Waals surface area contributed by atoms with Crippen LogP contribution >= 0.6 is 0 Å². The lowest BCUT2D eigenvalue weighted by atomic mass is 10.0. The lowest BCUT2D eigenvalue weighted by Gasteiger charge is -2.18. The molecule has 0 rings (SSSR count). The van der Waals surface area contributed by atoms with Gasteiger partial charge in [0, 0.05) is 19.3 Å². The molecule has 0 aliphatic carbocycles. The fourth-order valence-electron chi connectivity index (χ4n) is 9.53. The molecule has 0 N–H and O–H groups in total. The third-order valence-electron chi connectivity index (χ3n) is 14.4. The van der Waals surface area contributed by atoms with E-state index in [1.165, 1.54) is 193 Å². The lowest BCUT2D eigenvalue weighted by Crippen LogP contribution is -2.30. The maximum absolute atomic E-state index is 12.9. The van der Waals surface area contributed by atoms with Crippen LogP contribution in [0.4, 0.5) is 0 Å². The van der Waals surface area contributed by atoms with Crippen molar-refractivity contribution in [2.45, 2.75) is 341 Å². The summed E-state index contributed by atoms with van der Waals surface area (Å²) in [5.41, 5.74) is 0. The fourth-order valence-corrected chi connectivity index (χ4v) is 9.53. The van der Waals surface area contributed by atoms with E-state index in [2.05, 4.69) is 93.7 Å². The van der Waals surface area contributed by atoms with Crippen molar-refractivity contribution < 1.29 is 28.6 Å². The summed E-state index contributed by atoms with van der Waals surface area (Å²) in [4.78, 5) is 38.4. The number of carbonyl (C=O) groups excluding carboxylic acids is 3. The molecule has 0 aliphatic heterocycles. The normalized spacial score (nSPS) is 12.5. The monoisotopic (exact) mass is 1060 g/mol. The Morgan fingerprint density at radius 2 is 0.513 bits per heavy atom. The van der Waals surface area contributed by atoms with Gasteiger partial charge in [0.25, 0.3) is 0 Å². The largest absolute Gasteiger partial charge is 0.462 e. The second-order valence-electron chi connectivity index (χ2n) is 22.0. The summed E-state index contributed by atoms with van der Waals surface area (Å²) in [5, 5.41) is 0. The van der Waals surface area contributed by atoms with Crippen molar-refractivity contribution in [2.75, 3.05) is 13.2 Å². The highest BCUT2D eigenvalue weighted by molar-refractivity contribution is 5.71. The molecule has 0 amide bonds. The van der Waals surface area contributed by atoms with Gasteiger partial charge in [-0.25, -0.2) is 0 Å². The van der Waals surface area contributed by atoms with Gasteiger partial charge in [0.1, 0.15) is 13.2 Å². The van der Waals surface area contributed by atoms with E-state index in [9.17, 15) is 14.4 Å². The Bertz CT molecular complexity index is 1400. The SMILES string of the molecule is CC/C=C\C/C=C\C/C=C\C/C=C\C/C=C\CCCCCCCCCCCC(=O)OCC(COC(=O)CCCCCCC/C=C\CCCCCCCCC)OC(=O)CCCCCCCCCCCCCCCCCCC. The van der Waals surface area contributed by atoms with Crippen LogP contribution in [0.25, 0.3) is 0 Å². The first kappa shape index (κ1) is 72.8. The van der Waals surface area contributed by atoms with Crippen LogP contribution in [0, 0.1) is 0 Å². The molecule has 0 aromatic rings. The van der Waals surface area contributed by atoms with Crippen molar-refractivity contribution in [1.29, 1.82) is 0 Å². The number of esters is 3. The molecule has 0 saturated heterocycles. The van der Waals surface area contributed by atoms with Crippen LogP contribution in [0.1, 0.15) is 335 Å². The maximum Gasteiger partial charge on any atom is 0.306 e. The van der Waals surface area contributed by atoms with E-state index in [4.69, 9.17) is 14.2 Å². The van der Waals surface area contributed by atoms with Gasteiger partial charge < -0.3 is 14.2 Å². The quantitative estimate of drug-likeness (QED) is 0.0261. The van der Waals surface area contributed by atoms with Crippen LogP contribution in [0.2, 0.25) is 0 Å². The molecule has 0 aliphatic rings.